The SMILES string of the molecule is COC(C#N)(CC(C)(OC)OC)N=NC(C#N)(CC(C)(OC)OC)OC. The van der Waals surface area contributed by atoms with E-state index in [0.717, 1.165) is 0 Å². The summed E-state index contributed by atoms with van der Waals surface area (Å²) in [7, 11) is 8.30. The maximum atomic E-state index is 9.59. The first-order valence-electron chi connectivity index (χ1n) is 7.68. The van der Waals surface area contributed by atoms with Gasteiger partial charge in [0.2, 0.25) is 0 Å². The quantitative estimate of drug-likeness (QED) is 0.376. The molecule has 0 aliphatic rings. The lowest BCUT2D eigenvalue weighted by Crippen LogP contribution is -2.43. The van der Waals surface area contributed by atoms with Crippen LogP contribution in [0.3, 0.4) is 0 Å². The summed E-state index contributed by atoms with van der Waals surface area (Å²) in [4.78, 5) is 0. The zero-order chi connectivity index (χ0) is 20.5. The highest BCUT2D eigenvalue weighted by molar-refractivity contribution is 5.05. The second-order valence-corrected chi connectivity index (χ2v) is 5.84. The number of hydrogen-bond acceptors (Lipinski definition) is 10. The Morgan fingerprint density at radius 1 is 0.615 bits per heavy atom. The molecule has 2 unspecified atom stereocenters. The topological polar surface area (TPSA) is 128 Å². The van der Waals surface area contributed by atoms with E-state index in [2.05, 4.69) is 10.2 Å². The molecule has 0 aromatic rings. The molecule has 0 saturated carbocycles. The highest BCUT2D eigenvalue weighted by atomic mass is 16.7. The minimum atomic E-state index is -1.75. The van der Waals surface area contributed by atoms with Crippen LogP contribution in [-0.4, -0.2) is 65.7 Å². The van der Waals surface area contributed by atoms with Crippen LogP contribution in [0.1, 0.15) is 26.7 Å². The highest BCUT2D eigenvalue weighted by Crippen LogP contribution is 2.32. The summed E-state index contributed by atoms with van der Waals surface area (Å²) in [5, 5.41) is 27.1. The molecule has 0 bridgehead atoms. The van der Waals surface area contributed by atoms with Crippen LogP contribution in [0.15, 0.2) is 10.2 Å². The number of hydrogen-bond donors (Lipinski definition) is 0. The molecule has 0 aliphatic carbocycles. The van der Waals surface area contributed by atoms with Crippen molar-refractivity contribution >= 4 is 0 Å². The fourth-order valence-electron chi connectivity index (χ4n) is 2.00. The smallest absolute Gasteiger partial charge is 0.271 e. The normalized spacial score (nSPS) is 17.3. The largest absolute Gasteiger partial charge is 0.353 e. The summed E-state index contributed by atoms with van der Waals surface area (Å²) in [5.74, 6) is -2.30. The molecule has 0 aromatic carbocycles. The van der Waals surface area contributed by atoms with Crippen molar-refractivity contribution in [2.75, 3.05) is 42.7 Å². The molecule has 0 aromatic heterocycles. The molecule has 0 radical (unpaired) electrons. The molecule has 0 aliphatic heterocycles. The molecule has 0 rings (SSSR count). The van der Waals surface area contributed by atoms with E-state index in [0.29, 0.717) is 0 Å². The van der Waals surface area contributed by atoms with E-state index >= 15 is 0 Å². The van der Waals surface area contributed by atoms with Crippen molar-refractivity contribution in [3.8, 4) is 12.1 Å². The summed E-state index contributed by atoms with van der Waals surface area (Å²) >= 11 is 0. The molecule has 0 saturated heterocycles. The van der Waals surface area contributed by atoms with Gasteiger partial charge in [0.25, 0.3) is 11.4 Å². The van der Waals surface area contributed by atoms with E-state index in [1.165, 1.54) is 42.7 Å². The van der Waals surface area contributed by atoms with Crippen LogP contribution in [0, 0.1) is 22.7 Å². The van der Waals surface area contributed by atoms with Crippen molar-refractivity contribution in [1.29, 1.82) is 10.5 Å². The molecule has 0 N–H and O–H groups in total. The van der Waals surface area contributed by atoms with Crippen LogP contribution in [0.5, 0.6) is 0 Å². The number of methoxy groups -OCH3 is 6. The molecular formula is C16H28N4O6. The first-order chi connectivity index (χ1) is 12.1. The summed E-state index contributed by atoms with van der Waals surface area (Å²) in [5.41, 5.74) is -3.50. The van der Waals surface area contributed by atoms with Crippen molar-refractivity contribution in [2.24, 2.45) is 10.2 Å². The zero-order valence-electron chi connectivity index (χ0n) is 16.7. The average Bonchev–Trinajstić information content (AvgIpc) is 2.69. The van der Waals surface area contributed by atoms with Gasteiger partial charge in [0, 0.05) is 42.7 Å². The minimum absolute atomic E-state index is 0.0967. The molecular weight excluding hydrogens is 344 g/mol. The average molecular weight is 372 g/mol. The fraction of sp³-hybridized carbons (Fsp3) is 0.875. The van der Waals surface area contributed by atoms with E-state index in [-0.39, 0.29) is 12.8 Å². The van der Waals surface area contributed by atoms with Gasteiger partial charge < -0.3 is 28.4 Å². The van der Waals surface area contributed by atoms with Crippen molar-refractivity contribution in [1.82, 2.24) is 0 Å². The first kappa shape index (κ1) is 24.3. The lowest BCUT2D eigenvalue weighted by molar-refractivity contribution is -0.224. The molecule has 26 heavy (non-hydrogen) atoms. The zero-order valence-corrected chi connectivity index (χ0v) is 16.7. The predicted octanol–water partition coefficient (Wildman–Crippen LogP) is 1.97. The lowest BCUT2D eigenvalue weighted by Gasteiger charge is -2.34. The number of azo groups is 1. The molecule has 148 valence electrons. The molecule has 10 heteroatoms. The third-order valence-corrected chi connectivity index (χ3v) is 4.25. The Morgan fingerprint density at radius 2 is 0.885 bits per heavy atom. The Morgan fingerprint density at radius 3 is 1.04 bits per heavy atom. The van der Waals surface area contributed by atoms with Crippen molar-refractivity contribution < 1.29 is 28.4 Å². The minimum Gasteiger partial charge on any atom is -0.353 e. The van der Waals surface area contributed by atoms with Gasteiger partial charge in [0.15, 0.2) is 11.6 Å². The third-order valence-electron chi connectivity index (χ3n) is 4.25. The monoisotopic (exact) mass is 372 g/mol. The van der Waals surface area contributed by atoms with Gasteiger partial charge in [-0.1, -0.05) is 0 Å². The Balaban J connectivity index is 5.88. The second-order valence-electron chi connectivity index (χ2n) is 5.84. The van der Waals surface area contributed by atoms with Gasteiger partial charge >= 0.3 is 0 Å². The van der Waals surface area contributed by atoms with Gasteiger partial charge in [-0.2, -0.15) is 10.5 Å². The highest BCUT2D eigenvalue weighted by Gasteiger charge is 2.44. The Hall–Kier alpha value is -1.66. The van der Waals surface area contributed by atoms with Gasteiger partial charge in [-0.3, -0.25) is 0 Å². The number of nitriles is 2. The van der Waals surface area contributed by atoms with Gasteiger partial charge in [-0.05, 0) is 13.8 Å². The Labute approximate surface area is 154 Å². The Bertz CT molecular complexity index is 502. The van der Waals surface area contributed by atoms with Gasteiger partial charge in [-0.15, -0.1) is 10.2 Å². The van der Waals surface area contributed by atoms with Gasteiger partial charge in [0.05, 0.1) is 12.8 Å². The fourth-order valence-corrected chi connectivity index (χ4v) is 2.00. The maximum absolute atomic E-state index is 9.59. The van der Waals surface area contributed by atoms with E-state index in [9.17, 15) is 10.5 Å². The van der Waals surface area contributed by atoms with Crippen LogP contribution in [0.4, 0.5) is 0 Å². The summed E-state index contributed by atoms with van der Waals surface area (Å²) in [6.45, 7) is 3.24. The Kier molecular flexibility index (Phi) is 9.25. The van der Waals surface area contributed by atoms with E-state index < -0.39 is 23.0 Å². The number of rotatable bonds is 12. The second kappa shape index (κ2) is 9.88. The predicted molar refractivity (Wildman–Crippen MR) is 89.6 cm³/mol. The van der Waals surface area contributed by atoms with Crippen LogP contribution in [-0.2, 0) is 28.4 Å². The number of nitrogens with zero attached hydrogens (tertiary/aromatic N) is 4. The van der Waals surface area contributed by atoms with Crippen LogP contribution in [0.25, 0.3) is 0 Å². The van der Waals surface area contributed by atoms with Gasteiger partial charge in [-0.25, -0.2) is 0 Å². The van der Waals surface area contributed by atoms with Crippen LogP contribution >= 0.6 is 0 Å². The molecule has 10 nitrogen and oxygen atoms in total. The summed E-state index contributed by atoms with van der Waals surface area (Å²) in [6.07, 6.45) is -0.193. The standard InChI is InChI=1S/C16H28N4O6/c1-13(21-3,22-4)9-15(11-17,25-7)19-20-16(12-18,26-8)10-14(2,23-5)24-6/h9-10H2,1-8H3. The third kappa shape index (κ3) is 5.95. The molecule has 0 fully saturated rings. The van der Waals surface area contributed by atoms with Gasteiger partial charge in [0.1, 0.15) is 12.1 Å². The molecule has 0 amide bonds. The van der Waals surface area contributed by atoms with Crippen molar-refractivity contribution in [2.45, 2.75) is 49.7 Å². The number of ether oxygens (including phenoxy) is 6. The molecule has 0 heterocycles. The van der Waals surface area contributed by atoms with Crippen LogP contribution < -0.4 is 0 Å². The van der Waals surface area contributed by atoms with E-state index in [4.69, 9.17) is 28.4 Å². The first-order valence-corrected chi connectivity index (χ1v) is 7.68. The maximum Gasteiger partial charge on any atom is 0.271 e. The van der Waals surface area contributed by atoms with Crippen LogP contribution in [0.2, 0.25) is 0 Å². The van der Waals surface area contributed by atoms with E-state index in [1.54, 1.807) is 13.8 Å². The summed E-state index contributed by atoms with van der Waals surface area (Å²) in [6, 6.07) is 3.86. The van der Waals surface area contributed by atoms with Crippen molar-refractivity contribution in [3.63, 3.8) is 0 Å². The molecule has 2 atom stereocenters. The van der Waals surface area contributed by atoms with Crippen molar-refractivity contribution in [3.05, 3.63) is 0 Å². The molecule has 0 spiro atoms. The summed E-state index contributed by atoms with van der Waals surface area (Å²) < 4.78 is 31.5. The van der Waals surface area contributed by atoms with E-state index in [1.807, 2.05) is 12.1 Å². The lowest BCUT2D eigenvalue weighted by atomic mass is 10.0.